The highest BCUT2D eigenvalue weighted by atomic mass is 79.9. The SMILES string of the molecule is CN(C)c1ccc(CNS(=O)(=O)c2ccccc2Br)cc1. The van der Waals surface area contributed by atoms with Crippen LogP contribution in [0.25, 0.3) is 0 Å². The number of hydrogen-bond acceptors (Lipinski definition) is 3. The Morgan fingerprint density at radius 2 is 1.67 bits per heavy atom. The molecule has 21 heavy (non-hydrogen) atoms. The average Bonchev–Trinajstić information content (AvgIpc) is 2.46. The Hall–Kier alpha value is -1.37. The largest absolute Gasteiger partial charge is 0.378 e. The maximum atomic E-state index is 12.3. The van der Waals surface area contributed by atoms with Crippen molar-refractivity contribution in [2.45, 2.75) is 11.4 Å². The summed E-state index contributed by atoms with van der Waals surface area (Å²) in [6.45, 7) is 0.261. The van der Waals surface area contributed by atoms with Gasteiger partial charge in [-0.25, -0.2) is 13.1 Å². The third kappa shape index (κ3) is 4.06. The molecule has 0 aliphatic rings. The Bertz CT molecular complexity index is 713. The van der Waals surface area contributed by atoms with E-state index in [-0.39, 0.29) is 11.4 Å². The molecule has 0 aromatic heterocycles. The highest BCUT2D eigenvalue weighted by Crippen LogP contribution is 2.21. The summed E-state index contributed by atoms with van der Waals surface area (Å²) in [5.74, 6) is 0. The normalized spacial score (nSPS) is 11.4. The number of hydrogen-bond donors (Lipinski definition) is 1. The molecule has 0 heterocycles. The van der Waals surface area contributed by atoms with Crippen molar-refractivity contribution >= 4 is 31.6 Å². The van der Waals surface area contributed by atoms with Crippen LogP contribution in [-0.4, -0.2) is 22.5 Å². The summed E-state index contributed by atoms with van der Waals surface area (Å²) in [4.78, 5) is 2.24. The first-order valence-electron chi connectivity index (χ1n) is 6.40. The lowest BCUT2D eigenvalue weighted by molar-refractivity contribution is 0.581. The van der Waals surface area contributed by atoms with Crippen LogP contribution in [-0.2, 0) is 16.6 Å². The van der Waals surface area contributed by atoms with Crippen molar-refractivity contribution in [1.82, 2.24) is 4.72 Å². The van der Waals surface area contributed by atoms with Crippen molar-refractivity contribution in [3.8, 4) is 0 Å². The van der Waals surface area contributed by atoms with Crippen molar-refractivity contribution in [2.75, 3.05) is 19.0 Å². The van der Waals surface area contributed by atoms with E-state index in [0.717, 1.165) is 11.3 Å². The highest BCUT2D eigenvalue weighted by Gasteiger charge is 2.16. The first kappa shape index (κ1) is 16.0. The second kappa shape index (κ2) is 6.60. The van der Waals surface area contributed by atoms with Gasteiger partial charge in [-0.1, -0.05) is 24.3 Å². The van der Waals surface area contributed by atoms with Gasteiger partial charge >= 0.3 is 0 Å². The predicted octanol–water partition coefficient (Wildman–Crippen LogP) is 2.99. The molecule has 0 aliphatic heterocycles. The van der Waals surface area contributed by atoms with E-state index in [1.54, 1.807) is 24.3 Å². The van der Waals surface area contributed by atoms with Gasteiger partial charge in [-0.3, -0.25) is 0 Å². The second-order valence-electron chi connectivity index (χ2n) is 4.82. The molecule has 2 aromatic rings. The van der Waals surface area contributed by atoms with Crippen LogP contribution >= 0.6 is 15.9 Å². The lowest BCUT2D eigenvalue weighted by Crippen LogP contribution is -2.23. The number of anilines is 1. The summed E-state index contributed by atoms with van der Waals surface area (Å²) in [6, 6.07) is 14.5. The number of nitrogens with one attached hydrogen (secondary N) is 1. The molecule has 0 saturated heterocycles. The summed E-state index contributed by atoms with van der Waals surface area (Å²) in [6.07, 6.45) is 0. The summed E-state index contributed by atoms with van der Waals surface area (Å²) in [5.41, 5.74) is 1.99. The minimum absolute atomic E-state index is 0.245. The van der Waals surface area contributed by atoms with E-state index in [9.17, 15) is 8.42 Å². The molecule has 6 heteroatoms. The molecule has 0 amide bonds. The molecule has 0 spiro atoms. The quantitative estimate of drug-likeness (QED) is 0.882. The molecule has 0 radical (unpaired) electrons. The van der Waals surface area contributed by atoms with Crippen LogP contribution in [0.4, 0.5) is 5.69 Å². The third-order valence-electron chi connectivity index (χ3n) is 3.05. The number of nitrogens with zero attached hydrogens (tertiary/aromatic N) is 1. The van der Waals surface area contributed by atoms with Gasteiger partial charge in [-0.2, -0.15) is 0 Å². The van der Waals surface area contributed by atoms with E-state index in [0.29, 0.717) is 4.47 Å². The Kier molecular flexibility index (Phi) is 5.03. The number of sulfonamides is 1. The van der Waals surface area contributed by atoms with Gasteiger partial charge in [0.1, 0.15) is 0 Å². The maximum absolute atomic E-state index is 12.3. The summed E-state index contributed by atoms with van der Waals surface area (Å²) in [7, 11) is 0.403. The van der Waals surface area contributed by atoms with E-state index >= 15 is 0 Å². The van der Waals surface area contributed by atoms with Crippen molar-refractivity contribution in [3.63, 3.8) is 0 Å². The van der Waals surface area contributed by atoms with Crippen LogP contribution in [0.3, 0.4) is 0 Å². The Morgan fingerprint density at radius 3 is 2.24 bits per heavy atom. The molecule has 0 aliphatic carbocycles. The molecule has 2 rings (SSSR count). The first-order valence-corrected chi connectivity index (χ1v) is 8.68. The van der Waals surface area contributed by atoms with Gasteiger partial charge in [0.05, 0.1) is 4.90 Å². The highest BCUT2D eigenvalue weighted by molar-refractivity contribution is 9.10. The van der Waals surface area contributed by atoms with Gasteiger partial charge in [-0.15, -0.1) is 0 Å². The summed E-state index contributed by atoms with van der Waals surface area (Å²) < 4.78 is 27.7. The molecule has 112 valence electrons. The fourth-order valence-electron chi connectivity index (χ4n) is 1.83. The molecule has 0 fully saturated rings. The lowest BCUT2D eigenvalue weighted by atomic mass is 10.2. The minimum atomic E-state index is -3.52. The van der Waals surface area contributed by atoms with Crippen LogP contribution in [0.1, 0.15) is 5.56 Å². The van der Waals surface area contributed by atoms with Gasteiger partial charge in [0.2, 0.25) is 10.0 Å². The second-order valence-corrected chi connectivity index (χ2v) is 7.41. The van der Waals surface area contributed by atoms with Crippen LogP contribution < -0.4 is 9.62 Å². The molecule has 0 saturated carbocycles. The van der Waals surface area contributed by atoms with E-state index in [1.807, 2.05) is 43.3 Å². The maximum Gasteiger partial charge on any atom is 0.241 e. The fourth-order valence-corrected chi connectivity index (χ4v) is 3.85. The van der Waals surface area contributed by atoms with E-state index in [2.05, 4.69) is 20.7 Å². The number of benzene rings is 2. The van der Waals surface area contributed by atoms with Gasteiger partial charge < -0.3 is 4.90 Å². The van der Waals surface area contributed by atoms with Gasteiger partial charge in [0.25, 0.3) is 0 Å². The molecule has 2 aromatic carbocycles. The van der Waals surface area contributed by atoms with E-state index in [1.165, 1.54) is 0 Å². The minimum Gasteiger partial charge on any atom is -0.378 e. The van der Waals surface area contributed by atoms with Gasteiger partial charge in [0.15, 0.2) is 0 Å². The molecular formula is C15H17BrN2O2S. The Balaban J connectivity index is 2.10. The zero-order valence-electron chi connectivity index (χ0n) is 11.9. The summed E-state index contributed by atoms with van der Waals surface area (Å²) >= 11 is 3.26. The number of rotatable bonds is 5. The Labute approximate surface area is 134 Å². The van der Waals surface area contributed by atoms with Gasteiger partial charge in [-0.05, 0) is 45.8 Å². The van der Waals surface area contributed by atoms with Crippen LogP contribution in [0.15, 0.2) is 57.9 Å². The van der Waals surface area contributed by atoms with Crippen LogP contribution in [0.5, 0.6) is 0 Å². The van der Waals surface area contributed by atoms with Crippen molar-refractivity contribution in [3.05, 3.63) is 58.6 Å². The first-order chi connectivity index (χ1) is 9.90. The topological polar surface area (TPSA) is 49.4 Å². The van der Waals surface area contributed by atoms with E-state index < -0.39 is 10.0 Å². The summed E-state index contributed by atoms with van der Waals surface area (Å²) in [5, 5.41) is 0. The van der Waals surface area contributed by atoms with Crippen molar-refractivity contribution in [2.24, 2.45) is 0 Å². The van der Waals surface area contributed by atoms with Crippen LogP contribution in [0.2, 0.25) is 0 Å². The third-order valence-corrected chi connectivity index (χ3v) is 5.46. The van der Waals surface area contributed by atoms with Gasteiger partial charge in [0, 0.05) is 30.8 Å². The van der Waals surface area contributed by atoms with Crippen molar-refractivity contribution in [1.29, 1.82) is 0 Å². The van der Waals surface area contributed by atoms with E-state index in [4.69, 9.17) is 0 Å². The zero-order valence-corrected chi connectivity index (χ0v) is 14.3. The monoisotopic (exact) mass is 368 g/mol. The standard InChI is InChI=1S/C15H17BrN2O2S/c1-18(2)13-9-7-12(8-10-13)11-17-21(19,20)15-6-4-3-5-14(15)16/h3-10,17H,11H2,1-2H3. The Morgan fingerprint density at radius 1 is 1.05 bits per heavy atom. The average molecular weight is 369 g/mol. The smallest absolute Gasteiger partial charge is 0.241 e. The molecule has 1 N–H and O–H groups in total. The lowest BCUT2D eigenvalue weighted by Gasteiger charge is -2.13. The molecular weight excluding hydrogens is 352 g/mol. The molecule has 0 unspecified atom stereocenters. The molecule has 0 atom stereocenters. The number of halogens is 1. The van der Waals surface area contributed by atoms with Crippen molar-refractivity contribution < 1.29 is 8.42 Å². The molecule has 4 nitrogen and oxygen atoms in total. The zero-order chi connectivity index (χ0) is 15.5. The fraction of sp³-hybridized carbons (Fsp3) is 0.200. The van der Waals surface area contributed by atoms with Crippen LogP contribution in [0, 0.1) is 0 Å². The predicted molar refractivity (Wildman–Crippen MR) is 88.9 cm³/mol. The molecule has 0 bridgehead atoms.